The Labute approximate surface area is 120 Å². The predicted molar refractivity (Wildman–Crippen MR) is 77.9 cm³/mol. The first kappa shape index (κ1) is 16.9. The average Bonchev–Trinajstić information content (AvgIpc) is 2.50. The highest BCUT2D eigenvalue weighted by Gasteiger charge is 2.18. The van der Waals surface area contributed by atoms with Gasteiger partial charge in [-0.1, -0.05) is 19.1 Å². The molecule has 0 aliphatic carbocycles. The van der Waals surface area contributed by atoms with Crippen LogP contribution in [0.25, 0.3) is 0 Å². The normalized spacial score (nSPS) is 14.0. The number of aliphatic hydroxyl groups is 2. The van der Waals surface area contributed by atoms with Gasteiger partial charge in [0.2, 0.25) is 0 Å². The number of ether oxygens (including phenoxy) is 2. The molecule has 0 aliphatic rings. The van der Waals surface area contributed by atoms with Gasteiger partial charge in [0.1, 0.15) is 5.75 Å². The van der Waals surface area contributed by atoms with Gasteiger partial charge in [0.15, 0.2) is 0 Å². The van der Waals surface area contributed by atoms with Crippen molar-refractivity contribution < 1.29 is 19.7 Å². The maximum atomic E-state index is 10.4. The van der Waals surface area contributed by atoms with E-state index in [2.05, 4.69) is 5.32 Å². The van der Waals surface area contributed by atoms with E-state index in [0.29, 0.717) is 19.8 Å². The van der Waals surface area contributed by atoms with Crippen molar-refractivity contribution in [3.05, 3.63) is 29.8 Å². The van der Waals surface area contributed by atoms with Crippen molar-refractivity contribution in [2.75, 3.05) is 33.5 Å². The number of hydrogen-bond donors (Lipinski definition) is 3. The number of benzene rings is 1. The molecule has 1 aromatic carbocycles. The molecule has 0 fully saturated rings. The molecule has 1 aromatic rings. The second-order valence-electron chi connectivity index (χ2n) is 4.53. The van der Waals surface area contributed by atoms with E-state index in [-0.39, 0.29) is 12.6 Å². The quantitative estimate of drug-likeness (QED) is 0.561. The molecule has 0 radical (unpaired) electrons. The first-order valence-corrected chi connectivity index (χ1v) is 6.97. The fourth-order valence-electron chi connectivity index (χ4n) is 2.02. The van der Waals surface area contributed by atoms with Crippen molar-refractivity contribution in [3.8, 4) is 5.75 Å². The van der Waals surface area contributed by atoms with Gasteiger partial charge in [-0.3, -0.25) is 0 Å². The molecule has 0 saturated heterocycles. The van der Waals surface area contributed by atoms with E-state index in [1.54, 1.807) is 7.11 Å². The zero-order chi connectivity index (χ0) is 14.8. The largest absolute Gasteiger partial charge is 0.497 e. The Morgan fingerprint density at radius 2 is 2.10 bits per heavy atom. The van der Waals surface area contributed by atoms with E-state index >= 15 is 0 Å². The van der Waals surface area contributed by atoms with Gasteiger partial charge in [0.25, 0.3) is 0 Å². The van der Waals surface area contributed by atoms with Crippen LogP contribution in [-0.2, 0) is 4.74 Å². The standard InChI is InChI=1S/C15H25NO4/c1-3-14(16-7-9-20-10-8-17)15(18)12-5-4-6-13(11-12)19-2/h4-6,11,14-18H,3,7-10H2,1-2H3. The zero-order valence-corrected chi connectivity index (χ0v) is 12.2. The third kappa shape index (κ3) is 5.46. The van der Waals surface area contributed by atoms with Crippen molar-refractivity contribution in [1.29, 1.82) is 0 Å². The zero-order valence-electron chi connectivity index (χ0n) is 12.2. The maximum Gasteiger partial charge on any atom is 0.119 e. The molecule has 3 N–H and O–H groups in total. The van der Waals surface area contributed by atoms with Crippen molar-refractivity contribution in [3.63, 3.8) is 0 Å². The van der Waals surface area contributed by atoms with Crippen molar-refractivity contribution in [2.45, 2.75) is 25.5 Å². The molecule has 0 amide bonds. The van der Waals surface area contributed by atoms with Crippen molar-refractivity contribution in [2.24, 2.45) is 0 Å². The van der Waals surface area contributed by atoms with E-state index in [9.17, 15) is 5.11 Å². The van der Waals surface area contributed by atoms with Gasteiger partial charge in [-0.15, -0.1) is 0 Å². The minimum atomic E-state index is -0.590. The van der Waals surface area contributed by atoms with Crippen molar-refractivity contribution in [1.82, 2.24) is 5.32 Å². The molecule has 20 heavy (non-hydrogen) atoms. The summed E-state index contributed by atoms with van der Waals surface area (Å²) in [5, 5.41) is 22.3. The molecular weight excluding hydrogens is 258 g/mol. The number of nitrogens with one attached hydrogen (secondary N) is 1. The van der Waals surface area contributed by atoms with Crippen LogP contribution in [0, 0.1) is 0 Å². The van der Waals surface area contributed by atoms with Crippen molar-refractivity contribution >= 4 is 0 Å². The fraction of sp³-hybridized carbons (Fsp3) is 0.600. The molecule has 0 heterocycles. The highest BCUT2D eigenvalue weighted by Crippen LogP contribution is 2.22. The highest BCUT2D eigenvalue weighted by molar-refractivity contribution is 5.30. The van der Waals surface area contributed by atoms with Crippen LogP contribution < -0.4 is 10.1 Å². The summed E-state index contributed by atoms with van der Waals surface area (Å²) in [6, 6.07) is 7.42. The Balaban J connectivity index is 2.50. The topological polar surface area (TPSA) is 71.0 Å². The molecule has 5 nitrogen and oxygen atoms in total. The Morgan fingerprint density at radius 3 is 2.75 bits per heavy atom. The summed E-state index contributed by atoms with van der Waals surface area (Å²) in [5.41, 5.74) is 0.833. The van der Waals surface area contributed by atoms with Crippen LogP contribution in [0.5, 0.6) is 5.75 Å². The summed E-state index contributed by atoms with van der Waals surface area (Å²) in [7, 11) is 1.61. The molecule has 0 saturated carbocycles. The van der Waals surface area contributed by atoms with Gasteiger partial charge >= 0.3 is 0 Å². The van der Waals surface area contributed by atoms with Gasteiger partial charge in [-0.25, -0.2) is 0 Å². The SMILES string of the molecule is CCC(NCCOCCO)C(O)c1cccc(OC)c1. The third-order valence-electron chi connectivity index (χ3n) is 3.14. The van der Waals surface area contributed by atoms with E-state index in [0.717, 1.165) is 17.7 Å². The van der Waals surface area contributed by atoms with Gasteiger partial charge in [-0.2, -0.15) is 0 Å². The molecule has 5 heteroatoms. The molecule has 114 valence electrons. The van der Waals surface area contributed by atoms with Crippen LogP contribution in [0.15, 0.2) is 24.3 Å². The van der Waals surface area contributed by atoms with E-state index in [1.165, 1.54) is 0 Å². The lowest BCUT2D eigenvalue weighted by atomic mass is 10.00. The molecule has 0 aromatic heterocycles. The number of rotatable bonds is 10. The number of aliphatic hydroxyl groups excluding tert-OH is 2. The molecule has 0 spiro atoms. The van der Waals surface area contributed by atoms with Crippen LogP contribution in [-0.4, -0.2) is 49.7 Å². The Bertz CT molecular complexity index is 373. The Hall–Kier alpha value is -1.14. The fourth-order valence-corrected chi connectivity index (χ4v) is 2.02. The number of hydrogen-bond acceptors (Lipinski definition) is 5. The van der Waals surface area contributed by atoms with Crippen LogP contribution in [0.2, 0.25) is 0 Å². The van der Waals surface area contributed by atoms with Crippen LogP contribution >= 0.6 is 0 Å². The van der Waals surface area contributed by atoms with Crippen LogP contribution in [0.3, 0.4) is 0 Å². The summed E-state index contributed by atoms with van der Waals surface area (Å²) < 4.78 is 10.4. The molecule has 2 unspecified atom stereocenters. The first-order valence-electron chi connectivity index (χ1n) is 6.97. The lowest BCUT2D eigenvalue weighted by molar-refractivity contribution is 0.0824. The maximum absolute atomic E-state index is 10.4. The van der Waals surface area contributed by atoms with Gasteiger partial charge in [0, 0.05) is 12.6 Å². The predicted octanol–water partition coefficient (Wildman–Crippen LogP) is 1.11. The van der Waals surface area contributed by atoms with Crippen LogP contribution in [0.1, 0.15) is 25.0 Å². The lowest BCUT2D eigenvalue weighted by Gasteiger charge is -2.23. The third-order valence-corrected chi connectivity index (χ3v) is 3.14. The molecule has 2 atom stereocenters. The summed E-state index contributed by atoms with van der Waals surface area (Å²) >= 11 is 0. The minimum Gasteiger partial charge on any atom is -0.497 e. The first-order chi connectivity index (χ1) is 9.72. The highest BCUT2D eigenvalue weighted by atomic mass is 16.5. The summed E-state index contributed by atoms with van der Waals surface area (Å²) in [5.74, 6) is 0.739. The Morgan fingerprint density at radius 1 is 1.30 bits per heavy atom. The van der Waals surface area contributed by atoms with Gasteiger partial charge < -0.3 is 25.0 Å². The molecule has 0 aliphatic heterocycles. The van der Waals surface area contributed by atoms with E-state index in [4.69, 9.17) is 14.6 Å². The van der Waals surface area contributed by atoms with Gasteiger partial charge in [-0.05, 0) is 24.1 Å². The molecular formula is C15H25NO4. The molecule has 0 bridgehead atoms. The number of methoxy groups -OCH3 is 1. The Kier molecular flexibility index (Phi) is 8.22. The second kappa shape index (κ2) is 9.72. The monoisotopic (exact) mass is 283 g/mol. The lowest BCUT2D eigenvalue weighted by Crippen LogP contribution is -2.36. The molecule has 1 rings (SSSR count). The van der Waals surface area contributed by atoms with Gasteiger partial charge in [0.05, 0.1) is 33.0 Å². The minimum absolute atomic E-state index is 0.0314. The smallest absolute Gasteiger partial charge is 0.119 e. The second-order valence-corrected chi connectivity index (χ2v) is 4.53. The summed E-state index contributed by atoms with van der Waals surface area (Å²) in [4.78, 5) is 0. The summed E-state index contributed by atoms with van der Waals surface area (Å²) in [6.07, 6.45) is 0.214. The van der Waals surface area contributed by atoms with Crippen LogP contribution in [0.4, 0.5) is 0 Å². The van der Waals surface area contributed by atoms with E-state index < -0.39 is 6.10 Å². The van der Waals surface area contributed by atoms with E-state index in [1.807, 2.05) is 31.2 Å². The average molecular weight is 283 g/mol. The summed E-state index contributed by atoms with van der Waals surface area (Å²) in [6.45, 7) is 3.55.